The van der Waals surface area contributed by atoms with Gasteiger partial charge in [0.1, 0.15) is 0 Å². The SMILES string of the molecule is CCC[SiH](N)OC(C)C. The summed E-state index contributed by atoms with van der Waals surface area (Å²) in [5, 5.41) is 5.70. The van der Waals surface area contributed by atoms with Crippen LogP contribution in [-0.4, -0.2) is 15.3 Å². The van der Waals surface area contributed by atoms with Crippen LogP contribution in [0.2, 0.25) is 6.04 Å². The first-order valence-corrected chi connectivity index (χ1v) is 5.53. The van der Waals surface area contributed by atoms with Gasteiger partial charge in [-0.05, 0) is 19.9 Å². The second-order valence-electron chi connectivity index (χ2n) is 2.51. The van der Waals surface area contributed by atoms with Crippen molar-refractivity contribution in [2.24, 2.45) is 5.40 Å². The molecule has 0 amide bonds. The van der Waals surface area contributed by atoms with Crippen LogP contribution in [0.5, 0.6) is 0 Å². The highest BCUT2D eigenvalue weighted by molar-refractivity contribution is 6.47. The molecule has 0 aliphatic heterocycles. The smallest absolute Gasteiger partial charge is 0.249 e. The maximum absolute atomic E-state index is 5.70. The predicted molar refractivity (Wildman–Crippen MR) is 42.7 cm³/mol. The first-order chi connectivity index (χ1) is 4.16. The van der Waals surface area contributed by atoms with Gasteiger partial charge in [-0.15, -0.1) is 0 Å². The first-order valence-electron chi connectivity index (χ1n) is 3.57. The Bertz CT molecular complexity index is 68.1. The van der Waals surface area contributed by atoms with Gasteiger partial charge >= 0.3 is 0 Å². The topological polar surface area (TPSA) is 35.2 Å². The van der Waals surface area contributed by atoms with Crippen molar-refractivity contribution in [1.82, 2.24) is 0 Å². The van der Waals surface area contributed by atoms with Crippen molar-refractivity contribution >= 4 is 9.20 Å². The molecule has 0 radical (unpaired) electrons. The Hall–Kier alpha value is 0.137. The minimum atomic E-state index is -1.26. The molecule has 0 spiro atoms. The lowest BCUT2D eigenvalue weighted by Gasteiger charge is -2.12. The summed E-state index contributed by atoms with van der Waals surface area (Å²) in [6.45, 7) is 6.20. The van der Waals surface area contributed by atoms with Crippen molar-refractivity contribution < 1.29 is 4.43 Å². The summed E-state index contributed by atoms with van der Waals surface area (Å²) in [5.41, 5.74) is 0. The lowest BCUT2D eigenvalue weighted by atomic mass is 10.5. The monoisotopic (exact) mass is 147 g/mol. The summed E-state index contributed by atoms with van der Waals surface area (Å²) in [6.07, 6.45) is 1.47. The Labute approximate surface area is 59.2 Å². The van der Waals surface area contributed by atoms with Crippen LogP contribution in [0.1, 0.15) is 27.2 Å². The number of hydrogen-bond acceptors (Lipinski definition) is 2. The van der Waals surface area contributed by atoms with Gasteiger partial charge in [-0.25, -0.2) is 0 Å². The van der Waals surface area contributed by atoms with Crippen molar-refractivity contribution in [3.8, 4) is 0 Å². The fourth-order valence-corrected chi connectivity index (χ4v) is 2.11. The molecule has 0 aromatic rings. The van der Waals surface area contributed by atoms with Gasteiger partial charge in [-0.1, -0.05) is 13.3 Å². The van der Waals surface area contributed by atoms with Gasteiger partial charge in [-0.2, -0.15) is 0 Å². The second kappa shape index (κ2) is 4.96. The van der Waals surface area contributed by atoms with Gasteiger partial charge in [0.15, 0.2) is 0 Å². The quantitative estimate of drug-likeness (QED) is 0.602. The summed E-state index contributed by atoms with van der Waals surface area (Å²) in [5.74, 6) is 0. The van der Waals surface area contributed by atoms with E-state index in [2.05, 4.69) is 6.92 Å². The van der Waals surface area contributed by atoms with Gasteiger partial charge in [0, 0.05) is 6.10 Å². The molecule has 1 atom stereocenters. The summed E-state index contributed by atoms with van der Waals surface area (Å²) >= 11 is 0. The molecule has 2 N–H and O–H groups in total. The lowest BCUT2D eigenvalue weighted by Crippen LogP contribution is -2.32. The fraction of sp³-hybridized carbons (Fsp3) is 1.00. The van der Waals surface area contributed by atoms with E-state index in [0.717, 1.165) is 12.5 Å². The predicted octanol–water partition coefficient (Wildman–Crippen LogP) is 1.00. The largest absolute Gasteiger partial charge is 0.403 e. The van der Waals surface area contributed by atoms with Gasteiger partial charge in [-0.3, -0.25) is 0 Å². The Kier molecular flexibility index (Phi) is 5.04. The first kappa shape index (κ1) is 9.14. The average molecular weight is 147 g/mol. The molecule has 1 unspecified atom stereocenters. The van der Waals surface area contributed by atoms with E-state index in [4.69, 9.17) is 9.83 Å². The molecule has 56 valence electrons. The van der Waals surface area contributed by atoms with E-state index in [-0.39, 0.29) is 0 Å². The Balaban J connectivity index is 3.15. The standard InChI is InChI=1S/C6H17NOSi/c1-4-5-9(7)8-6(2)3/h6,9H,4-5,7H2,1-3H3. The van der Waals surface area contributed by atoms with E-state index in [1.807, 2.05) is 13.8 Å². The van der Waals surface area contributed by atoms with Gasteiger partial charge in [0.25, 0.3) is 0 Å². The van der Waals surface area contributed by atoms with E-state index in [0.29, 0.717) is 6.10 Å². The van der Waals surface area contributed by atoms with E-state index >= 15 is 0 Å². The number of hydrogen-bond donors (Lipinski definition) is 1. The Morgan fingerprint density at radius 1 is 1.56 bits per heavy atom. The molecule has 0 aromatic heterocycles. The summed E-state index contributed by atoms with van der Waals surface area (Å²) in [6, 6.07) is 1.10. The highest BCUT2D eigenvalue weighted by atomic mass is 28.3. The van der Waals surface area contributed by atoms with Crippen molar-refractivity contribution in [3.05, 3.63) is 0 Å². The van der Waals surface area contributed by atoms with Crippen LogP contribution in [-0.2, 0) is 4.43 Å². The maximum Gasteiger partial charge on any atom is 0.249 e. The second-order valence-corrected chi connectivity index (χ2v) is 4.44. The van der Waals surface area contributed by atoms with Crippen LogP contribution in [0.3, 0.4) is 0 Å². The van der Waals surface area contributed by atoms with Crippen molar-refractivity contribution in [1.29, 1.82) is 0 Å². The maximum atomic E-state index is 5.70. The molecule has 0 bridgehead atoms. The lowest BCUT2D eigenvalue weighted by molar-refractivity contribution is 0.241. The molecule has 2 nitrogen and oxygen atoms in total. The highest BCUT2D eigenvalue weighted by Gasteiger charge is 2.04. The van der Waals surface area contributed by atoms with Crippen LogP contribution in [0.4, 0.5) is 0 Å². The zero-order chi connectivity index (χ0) is 7.28. The van der Waals surface area contributed by atoms with Gasteiger partial charge in [0.2, 0.25) is 9.20 Å². The summed E-state index contributed by atoms with van der Waals surface area (Å²) < 4.78 is 5.41. The molecule has 0 heterocycles. The minimum Gasteiger partial charge on any atom is -0.403 e. The highest BCUT2D eigenvalue weighted by Crippen LogP contribution is 1.96. The summed E-state index contributed by atoms with van der Waals surface area (Å²) in [4.78, 5) is 0. The van der Waals surface area contributed by atoms with Crippen LogP contribution in [0.25, 0.3) is 0 Å². The van der Waals surface area contributed by atoms with E-state index in [1.165, 1.54) is 0 Å². The van der Waals surface area contributed by atoms with Gasteiger partial charge < -0.3 is 9.83 Å². The number of rotatable bonds is 4. The van der Waals surface area contributed by atoms with Crippen molar-refractivity contribution in [2.75, 3.05) is 0 Å². The molecular formula is C6H17NOSi. The Morgan fingerprint density at radius 3 is 2.44 bits per heavy atom. The van der Waals surface area contributed by atoms with E-state index < -0.39 is 9.20 Å². The molecule has 0 aliphatic carbocycles. The minimum absolute atomic E-state index is 0.318. The molecule has 0 saturated carbocycles. The molecule has 0 aromatic carbocycles. The zero-order valence-electron chi connectivity index (χ0n) is 6.55. The van der Waals surface area contributed by atoms with Crippen LogP contribution < -0.4 is 5.40 Å². The van der Waals surface area contributed by atoms with E-state index in [9.17, 15) is 0 Å². The average Bonchev–Trinajstić information content (AvgIpc) is 1.63. The molecule has 9 heavy (non-hydrogen) atoms. The molecular weight excluding hydrogens is 130 g/mol. The van der Waals surface area contributed by atoms with E-state index in [1.54, 1.807) is 0 Å². The fourth-order valence-electron chi connectivity index (χ4n) is 0.702. The molecule has 0 saturated heterocycles. The van der Waals surface area contributed by atoms with Crippen LogP contribution in [0.15, 0.2) is 0 Å². The Morgan fingerprint density at radius 2 is 2.11 bits per heavy atom. The van der Waals surface area contributed by atoms with Crippen molar-refractivity contribution in [3.63, 3.8) is 0 Å². The number of nitrogens with two attached hydrogens (primary N) is 1. The molecule has 0 rings (SSSR count). The summed E-state index contributed by atoms with van der Waals surface area (Å²) in [7, 11) is -1.26. The third-order valence-electron chi connectivity index (χ3n) is 1.02. The third-order valence-corrected chi connectivity index (χ3v) is 3.06. The normalized spacial score (nSPS) is 14.3. The van der Waals surface area contributed by atoms with Crippen LogP contribution in [0, 0.1) is 0 Å². The van der Waals surface area contributed by atoms with Crippen molar-refractivity contribution in [2.45, 2.75) is 39.3 Å². The zero-order valence-corrected chi connectivity index (χ0v) is 7.71. The molecule has 0 fully saturated rings. The molecule has 0 aliphatic rings. The van der Waals surface area contributed by atoms with Crippen LogP contribution >= 0.6 is 0 Å². The third kappa shape index (κ3) is 6.02. The molecule has 3 heteroatoms. The van der Waals surface area contributed by atoms with Gasteiger partial charge in [0.05, 0.1) is 0 Å².